The zero-order valence-electron chi connectivity index (χ0n) is 19.4. The summed E-state index contributed by atoms with van der Waals surface area (Å²) in [5.74, 6) is -0.965. The maximum absolute atomic E-state index is 13.0. The number of amides is 1. The number of benzene rings is 2. The van der Waals surface area contributed by atoms with Gasteiger partial charge in [-0.25, -0.2) is 8.42 Å². The number of thiazole rings is 1. The van der Waals surface area contributed by atoms with Crippen LogP contribution in [0.2, 0.25) is 0 Å². The Bertz CT molecular complexity index is 1400. The number of ether oxygens (including phenoxy) is 1. The van der Waals surface area contributed by atoms with Crippen molar-refractivity contribution in [1.29, 1.82) is 0 Å². The van der Waals surface area contributed by atoms with Crippen LogP contribution in [0.3, 0.4) is 0 Å². The zero-order valence-corrected chi connectivity index (χ0v) is 21.0. The Hall–Kier alpha value is -2.82. The molecule has 1 aliphatic heterocycles. The summed E-state index contributed by atoms with van der Waals surface area (Å²) in [5.41, 5.74) is 2.10. The summed E-state index contributed by atoms with van der Waals surface area (Å²) in [6, 6.07) is 11.6. The summed E-state index contributed by atoms with van der Waals surface area (Å²) >= 11 is 1.31. The minimum absolute atomic E-state index is 0.0445. The Kier molecular flexibility index (Phi) is 7.01. The monoisotopic (exact) mass is 501 g/mol. The van der Waals surface area contributed by atoms with Crippen LogP contribution in [0.1, 0.15) is 42.1 Å². The Morgan fingerprint density at radius 3 is 2.56 bits per heavy atom. The summed E-state index contributed by atoms with van der Waals surface area (Å²) in [5, 5.41) is 0. The molecule has 0 radical (unpaired) electrons. The highest BCUT2D eigenvalue weighted by molar-refractivity contribution is 7.89. The van der Waals surface area contributed by atoms with Gasteiger partial charge in [-0.15, -0.1) is 0 Å². The number of rotatable bonds is 5. The van der Waals surface area contributed by atoms with Gasteiger partial charge < -0.3 is 9.30 Å². The van der Waals surface area contributed by atoms with E-state index in [1.165, 1.54) is 47.0 Å². The quantitative estimate of drug-likeness (QED) is 0.499. The van der Waals surface area contributed by atoms with Crippen molar-refractivity contribution < 1.29 is 22.7 Å². The van der Waals surface area contributed by atoms with E-state index in [1.54, 1.807) is 4.57 Å². The summed E-state index contributed by atoms with van der Waals surface area (Å²) in [6.07, 6.45) is 2.71. The van der Waals surface area contributed by atoms with Gasteiger partial charge in [-0.3, -0.25) is 9.59 Å². The fourth-order valence-corrected chi connectivity index (χ4v) is 6.92. The maximum atomic E-state index is 13.0. The number of methoxy groups -OCH3 is 1. The van der Waals surface area contributed by atoms with Crippen LogP contribution in [-0.2, 0) is 26.1 Å². The van der Waals surface area contributed by atoms with E-state index in [0.717, 1.165) is 35.0 Å². The molecule has 2 aromatic carbocycles. The summed E-state index contributed by atoms with van der Waals surface area (Å²) in [7, 11) is -2.31. The Morgan fingerprint density at radius 2 is 1.88 bits per heavy atom. The fraction of sp³-hybridized carbons (Fsp3) is 0.375. The molecule has 2 heterocycles. The number of fused-ring (bicyclic) bond motifs is 1. The van der Waals surface area contributed by atoms with Gasteiger partial charge in [0.05, 0.1) is 22.2 Å². The predicted octanol–water partition coefficient (Wildman–Crippen LogP) is 3.49. The van der Waals surface area contributed by atoms with E-state index in [4.69, 9.17) is 4.74 Å². The van der Waals surface area contributed by atoms with E-state index in [2.05, 4.69) is 4.99 Å². The molecule has 0 spiro atoms. The van der Waals surface area contributed by atoms with Gasteiger partial charge in [0.1, 0.15) is 6.54 Å². The number of aromatic nitrogens is 1. The van der Waals surface area contributed by atoms with Gasteiger partial charge in [0, 0.05) is 18.2 Å². The van der Waals surface area contributed by atoms with Crippen molar-refractivity contribution in [3.63, 3.8) is 0 Å². The molecule has 0 bridgehead atoms. The highest BCUT2D eigenvalue weighted by atomic mass is 32.2. The average Bonchev–Trinajstić information content (AvgIpc) is 3.14. The molecular weight excluding hydrogens is 474 g/mol. The van der Waals surface area contributed by atoms with Crippen LogP contribution < -0.4 is 4.80 Å². The lowest BCUT2D eigenvalue weighted by atomic mass is 10.1. The van der Waals surface area contributed by atoms with Crippen molar-refractivity contribution in [3.8, 4) is 0 Å². The number of esters is 1. The standard InChI is InChI=1S/C24H27N3O5S2/c1-16-7-12-20-21(14-16)33-24(26(20)15-22(28)32-3)25-23(29)18-8-10-19(11-9-18)34(30,31)27-13-5-4-6-17(27)2/h7-12,14,17H,4-6,13,15H2,1-3H3. The normalized spacial score (nSPS) is 17.7. The largest absolute Gasteiger partial charge is 0.468 e. The van der Waals surface area contributed by atoms with Crippen LogP contribution in [0.4, 0.5) is 0 Å². The number of carbonyl (C=O) groups is 2. The number of hydrogen-bond acceptors (Lipinski definition) is 6. The molecule has 10 heteroatoms. The van der Waals surface area contributed by atoms with Crippen LogP contribution in [0, 0.1) is 6.92 Å². The topological polar surface area (TPSA) is 98.0 Å². The van der Waals surface area contributed by atoms with Crippen LogP contribution in [0.15, 0.2) is 52.4 Å². The van der Waals surface area contributed by atoms with Gasteiger partial charge in [0.25, 0.3) is 5.91 Å². The lowest BCUT2D eigenvalue weighted by molar-refractivity contribution is -0.141. The Balaban J connectivity index is 1.67. The summed E-state index contributed by atoms with van der Waals surface area (Å²) in [6.45, 7) is 4.32. The Labute approximate surface area is 202 Å². The molecule has 1 atom stereocenters. The second kappa shape index (κ2) is 9.81. The highest BCUT2D eigenvalue weighted by Crippen LogP contribution is 2.25. The van der Waals surface area contributed by atoms with E-state index >= 15 is 0 Å². The molecule has 1 fully saturated rings. The first-order chi connectivity index (χ1) is 16.2. The molecule has 1 aliphatic rings. The fourth-order valence-electron chi connectivity index (χ4n) is 4.10. The first-order valence-corrected chi connectivity index (χ1v) is 13.3. The van der Waals surface area contributed by atoms with Gasteiger partial charge in [0.2, 0.25) is 10.0 Å². The summed E-state index contributed by atoms with van der Waals surface area (Å²) < 4.78 is 35.0. The molecular formula is C24H27N3O5S2. The van der Waals surface area contributed by atoms with E-state index in [1.807, 2.05) is 32.0 Å². The van der Waals surface area contributed by atoms with Crippen LogP contribution in [0.25, 0.3) is 10.2 Å². The van der Waals surface area contributed by atoms with Crippen molar-refractivity contribution in [2.75, 3.05) is 13.7 Å². The maximum Gasteiger partial charge on any atom is 0.325 e. The number of piperidine rings is 1. The van der Waals surface area contributed by atoms with Crippen molar-refractivity contribution in [3.05, 3.63) is 58.4 Å². The van der Waals surface area contributed by atoms with Crippen molar-refractivity contribution >= 4 is 43.5 Å². The third-order valence-electron chi connectivity index (χ3n) is 6.00. The molecule has 0 N–H and O–H groups in total. The second-order valence-electron chi connectivity index (χ2n) is 8.42. The van der Waals surface area contributed by atoms with Crippen molar-refractivity contribution in [1.82, 2.24) is 8.87 Å². The molecule has 4 rings (SSSR count). The number of nitrogens with zero attached hydrogens (tertiary/aromatic N) is 3. The molecule has 3 aromatic rings. The molecule has 8 nitrogen and oxygen atoms in total. The van der Waals surface area contributed by atoms with Gasteiger partial charge >= 0.3 is 5.97 Å². The smallest absolute Gasteiger partial charge is 0.325 e. The number of carbonyl (C=O) groups excluding carboxylic acids is 2. The van der Waals surface area contributed by atoms with Gasteiger partial charge in [0.15, 0.2) is 4.80 Å². The minimum atomic E-state index is -3.62. The molecule has 0 aliphatic carbocycles. The van der Waals surface area contributed by atoms with E-state index < -0.39 is 21.9 Å². The highest BCUT2D eigenvalue weighted by Gasteiger charge is 2.30. The minimum Gasteiger partial charge on any atom is -0.468 e. The molecule has 180 valence electrons. The molecule has 34 heavy (non-hydrogen) atoms. The Morgan fingerprint density at radius 1 is 1.15 bits per heavy atom. The average molecular weight is 502 g/mol. The van der Waals surface area contributed by atoms with E-state index in [9.17, 15) is 18.0 Å². The van der Waals surface area contributed by atoms with E-state index in [-0.39, 0.29) is 23.0 Å². The van der Waals surface area contributed by atoms with Gasteiger partial charge in [-0.1, -0.05) is 23.8 Å². The number of hydrogen-bond donors (Lipinski definition) is 0. The first-order valence-electron chi connectivity index (χ1n) is 11.1. The molecule has 1 saturated heterocycles. The zero-order chi connectivity index (χ0) is 24.5. The number of aryl methyl sites for hydroxylation is 1. The second-order valence-corrected chi connectivity index (χ2v) is 11.3. The van der Waals surface area contributed by atoms with Gasteiger partial charge in [-0.05, 0) is 68.7 Å². The molecule has 0 saturated carbocycles. The molecule has 1 aromatic heterocycles. The van der Waals surface area contributed by atoms with Crippen LogP contribution >= 0.6 is 11.3 Å². The van der Waals surface area contributed by atoms with Crippen LogP contribution in [0.5, 0.6) is 0 Å². The lowest BCUT2D eigenvalue weighted by Crippen LogP contribution is -2.41. The van der Waals surface area contributed by atoms with E-state index in [0.29, 0.717) is 11.3 Å². The van der Waals surface area contributed by atoms with Crippen molar-refractivity contribution in [2.45, 2.75) is 50.6 Å². The van der Waals surface area contributed by atoms with Crippen LogP contribution in [-0.4, -0.2) is 48.9 Å². The predicted molar refractivity (Wildman–Crippen MR) is 130 cm³/mol. The number of sulfonamides is 1. The lowest BCUT2D eigenvalue weighted by Gasteiger charge is -2.32. The van der Waals surface area contributed by atoms with Gasteiger partial charge in [-0.2, -0.15) is 9.30 Å². The molecule has 1 amide bonds. The third kappa shape index (κ3) is 4.84. The molecule has 1 unspecified atom stereocenters. The first kappa shape index (κ1) is 24.3. The van der Waals surface area contributed by atoms with Crippen molar-refractivity contribution in [2.24, 2.45) is 4.99 Å². The summed E-state index contributed by atoms with van der Waals surface area (Å²) in [4.78, 5) is 29.7. The third-order valence-corrected chi connectivity index (χ3v) is 9.07. The SMILES string of the molecule is COC(=O)Cn1c(=NC(=O)c2ccc(S(=O)(=O)N3CCCCC3C)cc2)sc2cc(C)ccc21.